The standard InChI is InChI=1S/C14H18ClNO2S/c1-14(13(17)18-2,16-11-5-6-11)9-19-12-7-3-10(15)4-8-12/h3-4,7-8,11,16H,5-6,9H2,1-2H3. The first-order valence-corrected chi connectivity index (χ1v) is 7.64. The number of rotatable bonds is 6. The number of hydrogen-bond acceptors (Lipinski definition) is 4. The van der Waals surface area contributed by atoms with E-state index < -0.39 is 5.54 Å². The van der Waals surface area contributed by atoms with E-state index in [2.05, 4.69) is 5.32 Å². The maximum absolute atomic E-state index is 12.0. The molecule has 1 atom stereocenters. The van der Waals surface area contributed by atoms with Crippen molar-refractivity contribution in [2.24, 2.45) is 0 Å². The van der Waals surface area contributed by atoms with Gasteiger partial charge in [-0.3, -0.25) is 10.1 Å². The van der Waals surface area contributed by atoms with E-state index in [1.165, 1.54) is 7.11 Å². The summed E-state index contributed by atoms with van der Waals surface area (Å²) in [5.41, 5.74) is -0.639. The molecule has 0 saturated heterocycles. The molecule has 0 aliphatic heterocycles. The predicted molar refractivity (Wildman–Crippen MR) is 78.8 cm³/mol. The van der Waals surface area contributed by atoms with Crippen LogP contribution < -0.4 is 5.32 Å². The van der Waals surface area contributed by atoms with Crippen LogP contribution in [0, 0.1) is 0 Å². The molecule has 1 aromatic carbocycles. The molecule has 1 N–H and O–H groups in total. The van der Waals surface area contributed by atoms with Crippen molar-refractivity contribution in [3.05, 3.63) is 29.3 Å². The summed E-state index contributed by atoms with van der Waals surface area (Å²) in [6.07, 6.45) is 2.27. The van der Waals surface area contributed by atoms with E-state index in [0.717, 1.165) is 22.8 Å². The highest BCUT2D eigenvalue weighted by Crippen LogP contribution is 2.28. The molecule has 0 bridgehead atoms. The summed E-state index contributed by atoms with van der Waals surface area (Å²) in [5, 5.41) is 4.10. The van der Waals surface area contributed by atoms with Crippen molar-refractivity contribution >= 4 is 29.3 Å². The van der Waals surface area contributed by atoms with Crippen molar-refractivity contribution in [2.45, 2.75) is 36.2 Å². The van der Waals surface area contributed by atoms with Crippen LogP contribution in [-0.4, -0.2) is 30.4 Å². The molecule has 2 rings (SSSR count). The minimum Gasteiger partial charge on any atom is -0.468 e. The number of halogens is 1. The fraction of sp³-hybridized carbons (Fsp3) is 0.500. The van der Waals surface area contributed by atoms with Gasteiger partial charge in [0.15, 0.2) is 0 Å². The molecule has 0 heterocycles. The minimum atomic E-state index is -0.639. The Labute approximate surface area is 123 Å². The van der Waals surface area contributed by atoms with E-state index >= 15 is 0 Å². The molecule has 1 aliphatic carbocycles. The second-order valence-electron chi connectivity index (χ2n) is 4.98. The maximum Gasteiger partial charge on any atom is 0.326 e. The van der Waals surface area contributed by atoms with Gasteiger partial charge >= 0.3 is 5.97 Å². The Morgan fingerprint density at radius 3 is 2.63 bits per heavy atom. The fourth-order valence-corrected chi connectivity index (χ4v) is 2.93. The Kier molecular flexibility index (Phi) is 4.76. The van der Waals surface area contributed by atoms with Gasteiger partial charge in [-0.1, -0.05) is 11.6 Å². The zero-order valence-corrected chi connectivity index (χ0v) is 12.7. The van der Waals surface area contributed by atoms with Gasteiger partial charge in [-0.2, -0.15) is 0 Å². The molecule has 1 fully saturated rings. The lowest BCUT2D eigenvalue weighted by Crippen LogP contribution is -2.53. The average molecular weight is 300 g/mol. The Balaban J connectivity index is 1.99. The lowest BCUT2D eigenvalue weighted by Gasteiger charge is -2.27. The number of methoxy groups -OCH3 is 1. The van der Waals surface area contributed by atoms with Crippen LogP contribution in [-0.2, 0) is 9.53 Å². The van der Waals surface area contributed by atoms with Crippen molar-refractivity contribution in [1.29, 1.82) is 0 Å². The van der Waals surface area contributed by atoms with Gasteiger partial charge in [-0.15, -0.1) is 11.8 Å². The van der Waals surface area contributed by atoms with E-state index in [4.69, 9.17) is 16.3 Å². The van der Waals surface area contributed by atoms with Gasteiger partial charge in [0.05, 0.1) is 7.11 Å². The van der Waals surface area contributed by atoms with E-state index in [0.29, 0.717) is 11.8 Å². The van der Waals surface area contributed by atoms with Gasteiger partial charge in [0, 0.05) is 21.7 Å². The average Bonchev–Trinajstić information content (AvgIpc) is 3.21. The largest absolute Gasteiger partial charge is 0.468 e. The van der Waals surface area contributed by atoms with Crippen molar-refractivity contribution in [3.8, 4) is 0 Å². The van der Waals surface area contributed by atoms with E-state index in [-0.39, 0.29) is 5.97 Å². The summed E-state index contributed by atoms with van der Waals surface area (Å²) in [6, 6.07) is 8.08. The number of carbonyl (C=O) groups excluding carboxylic acids is 1. The minimum absolute atomic E-state index is 0.208. The molecule has 0 radical (unpaired) electrons. The summed E-state index contributed by atoms with van der Waals surface area (Å²) in [6.45, 7) is 1.90. The monoisotopic (exact) mass is 299 g/mol. The molecular formula is C14H18ClNO2S. The first kappa shape index (κ1) is 14.7. The Hall–Kier alpha value is -0.710. The second-order valence-corrected chi connectivity index (χ2v) is 6.47. The third kappa shape index (κ3) is 4.13. The number of nitrogens with one attached hydrogen (secondary N) is 1. The normalized spacial score (nSPS) is 17.8. The lowest BCUT2D eigenvalue weighted by atomic mass is 10.1. The molecule has 5 heteroatoms. The highest BCUT2D eigenvalue weighted by molar-refractivity contribution is 7.99. The number of hydrogen-bond donors (Lipinski definition) is 1. The number of carbonyl (C=O) groups is 1. The number of thioether (sulfide) groups is 1. The first-order valence-electron chi connectivity index (χ1n) is 6.28. The fourth-order valence-electron chi connectivity index (χ4n) is 1.82. The summed E-state index contributed by atoms with van der Waals surface area (Å²) in [5.74, 6) is 0.429. The summed E-state index contributed by atoms with van der Waals surface area (Å²) in [7, 11) is 1.43. The molecule has 0 spiro atoms. The second kappa shape index (κ2) is 6.16. The Morgan fingerprint density at radius 2 is 2.11 bits per heavy atom. The van der Waals surface area contributed by atoms with Gasteiger partial charge in [-0.05, 0) is 44.0 Å². The molecule has 1 aromatic rings. The van der Waals surface area contributed by atoms with Gasteiger partial charge in [0.1, 0.15) is 5.54 Å². The third-order valence-corrected chi connectivity index (χ3v) is 4.66. The van der Waals surface area contributed by atoms with Gasteiger partial charge < -0.3 is 4.74 Å². The van der Waals surface area contributed by atoms with Crippen LogP contribution in [0.4, 0.5) is 0 Å². The van der Waals surface area contributed by atoms with Crippen LogP contribution in [0.5, 0.6) is 0 Å². The lowest BCUT2D eigenvalue weighted by molar-refractivity contribution is -0.146. The van der Waals surface area contributed by atoms with Gasteiger partial charge in [0.2, 0.25) is 0 Å². The summed E-state index contributed by atoms with van der Waals surface area (Å²) in [4.78, 5) is 13.0. The summed E-state index contributed by atoms with van der Waals surface area (Å²) < 4.78 is 4.92. The number of ether oxygens (including phenoxy) is 1. The van der Waals surface area contributed by atoms with Crippen LogP contribution in [0.15, 0.2) is 29.2 Å². The van der Waals surface area contributed by atoms with E-state index in [1.807, 2.05) is 31.2 Å². The molecule has 104 valence electrons. The highest BCUT2D eigenvalue weighted by atomic mass is 35.5. The first-order chi connectivity index (χ1) is 9.03. The maximum atomic E-state index is 12.0. The molecule has 1 unspecified atom stereocenters. The molecule has 0 amide bonds. The molecule has 3 nitrogen and oxygen atoms in total. The van der Waals surface area contributed by atoms with Crippen LogP contribution in [0.25, 0.3) is 0 Å². The van der Waals surface area contributed by atoms with Crippen LogP contribution in [0.2, 0.25) is 5.02 Å². The van der Waals surface area contributed by atoms with Crippen LogP contribution in [0.1, 0.15) is 19.8 Å². The molecular weight excluding hydrogens is 282 g/mol. The van der Waals surface area contributed by atoms with Crippen molar-refractivity contribution in [3.63, 3.8) is 0 Å². The number of benzene rings is 1. The SMILES string of the molecule is COC(=O)C(C)(CSc1ccc(Cl)cc1)NC1CC1. The smallest absolute Gasteiger partial charge is 0.326 e. The quantitative estimate of drug-likeness (QED) is 0.647. The van der Waals surface area contributed by atoms with Gasteiger partial charge in [0.25, 0.3) is 0 Å². The van der Waals surface area contributed by atoms with Crippen LogP contribution in [0.3, 0.4) is 0 Å². The van der Waals surface area contributed by atoms with E-state index in [1.54, 1.807) is 11.8 Å². The van der Waals surface area contributed by atoms with Crippen molar-refractivity contribution in [1.82, 2.24) is 5.32 Å². The molecule has 19 heavy (non-hydrogen) atoms. The molecule has 0 aromatic heterocycles. The highest BCUT2D eigenvalue weighted by Gasteiger charge is 2.39. The summed E-state index contributed by atoms with van der Waals surface area (Å²) >= 11 is 7.48. The Bertz CT molecular complexity index is 447. The molecule has 1 saturated carbocycles. The van der Waals surface area contributed by atoms with Crippen molar-refractivity contribution in [2.75, 3.05) is 12.9 Å². The van der Waals surface area contributed by atoms with Gasteiger partial charge in [-0.25, -0.2) is 0 Å². The molecule has 1 aliphatic rings. The zero-order valence-electron chi connectivity index (χ0n) is 11.1. The zero-order chi connectivity index (χ0) is 13.9. The van der Waals surface area contributed by atoms with Crippen LogP contribution >= 0.6 is 23.4 Å². The Morgan fingerprint density at radius 1 is 1.47 bits per heavy atom. The third-order valence-electron chi connectivity index (χ3n) is 3.08. The number of esters is 1. The topological polar surface area (TPSA) is 38.3 Å². The van der Waals surface area contributed by atoms with Crippen molar-refractivity contribution < 1.29 is 9.53 Å². The predicted octanol–water partition coefficient (Wildman–Crippen LogP) is 3.12. The van der Waals surface area contributed by atoms with E-state index in [9.17, 15) is 4.79 Å².